The van der Waals surface area contributed by atoms with Crippen LogP contribution >= 0.6 is 65.3 Å². The van der Waals surface area contributed by atoms with Crippen molar-refractivity contribution in [1.82, 2.24) is 30.0 Å². The van der Waals surface area contributed by atoms with Crippen molar-refractivity contribution in [3.8, 4) is 17.0 Å². The van der Waals surface area contributed by atoms with E-state index < -0.39 is 36.3 Å². The van der Waals surface area contributed by atoms with E-state index in [4.69, 9.17) is 29.2 Å². The summed E-state index contributed by atoms with van der Waals surface area (Å²) in [6.45, 7) is 8.72. The number of fused-ring (bicyclic) bond motifs is 5. The average molecular weight is 1080 g/mol. The Morgan fingerprint density at radius 2 is 1.31 bits per heavy atom. The SMILES string of the molecule is COC(=O)N[C@H](C(=O)N1CCC[C@H]1C1=NC=C(c2cc(F)c3c(c2)OC(c2nc(C4CC4)cs2)n2c-3cc3cc(C4=CN=C([C@@H]5CCCN5C(=O)[C@@H](NC(=O)OC)C(C)C)C4)ccc32)C1)C(C)C.S.S.S.S. The number of aliphatic imine (C=N–C) groups is 2. The first-order chi connectivity index (χ1) is 32.8. The van der Waals surface area contributed by atoms with Gasteiger partial charge < -0.3 is 34.6 Å². The van der Waals surface area contributed by atoms with E-state index in [2.05, 4.69) is 38.8 Å². The van der Waals surface area contributed by atoms with Crippen molar-refractivity contribution < 1.29 is 37.8 Å². The number of rotatable bonds is 12. The Morgan fingerprint density at radius 3 is 1.83 bits per heavy atom. The summed E-state index contributed by atoms with van der Waals surface area (Å²) in [5, 5.41) is 9.25. The van der Waals surface area contributed by atoms with Crippen molar-refractivity contribution in [3.63, 3.8) is 0 Å². The second-order valence-electron chi connectivity index (χ2n) is 19.4. The number of nitrogens with zero attached hydrogens (tertiary/aromatic N) is 6. The van der Waals surface area contributed by atoms with E-state index in [1.54, 1.807) is 23.6 Å². The third kappa shape index (κ3) is 10.7. The van der Waals surface area contributed by atoms with Crippen LogP contribution in [0.3, 0.4) is 0 Å². The number of carbonyl (C=O) groups is 4. The molecule has 2 saturated heterocycles. The minimum absolute atomic E-state index is 0. The lowest BCUT2D eigenvalue weighted by molar-refractivity contribution is -0.134. The molecular weight excluding hydrogens is 1020 g/mol. The molecule has 5 aliphatic heterocycles. The first-order valence-corrected chi connectivity index (χ1v) is 24.6. The van der Waals surface area contributed by atoms with Crippen LogP contribution in [-0.2, 0) is 19.1 Å². The van der Waals surface area contributed by atoms with Crippen molar-refractivity contribution in [2.24, 2.45) is 21.8 Å². The molecule has 2 aromatic heterocycles. The molecular formula is C51H65FN8O7S5. The van der Waals surface area contributed by atoms with Gasteiger partial charge >= 0.3 is 12.2 Å². The van der Waals surface area contributed by atoms with Gasteiger partial charge in [-0.15, -0.1) is 11.3 Å². The van der Waals surface area contributed by atoms with E-state index in [-0.39, 0.29) is 89.7 Å². The number of thiazole rings is 1. The predicted octanol–water partition coefficient (Wildman–Crippen LogP) is 9.29. The summed E-state index contributed by atoms with van der Waals surface area (Å²) in [6.07, 6.45) is 8.13. The van der Waals surface area contributed by atoms with Gasteiger partial charge in [-0.2, -0.15) is 54.0 Å². The van der Waals surface area contributed by atoms with Gasteiger partial charge in [-0.05, 0) is 103 Å². The fourth-order valence-corrected chi connectivity index (χ4v) is 11.4. The summed E-state index contributed by atoms with van der Waals surface area (Å²) < 4.78 is 35.5. The summed E-state index contributed by atoms with van der Waals surface area (Å²) in [5.41, 5.74) is 8.20. The minimum atomic E-state index is -0.742. The average Bonchev–Trinajstić information content (AvgIpc) is 4.05. The van der Waals surface area contributed by atoms with Crippen LogP contribution in [0.25, 0.3) is 33.3 Å². The number of carbonyl (C=O) groups excluding carboxylic acids is 4. The zero-order chi connectivity index (χ0) is 47.5. The van der Waals surface area contributed by atoms with E-state index >= 15 is 4.39 Å². The molecule has 10 rings (SSSR count). The highest BCUT2D eigenvalue weighted by molar-refractivity contribution is 7.59. The Morgan fingerprint density at radius 1 is 0.750 bits per heavy atom. The molecule has 5 atom stereocenters. The zero-order valence-corrected chi connectivity index (χ0v) is 46.0. The van der Waals surface area contributed by atoms with Gasteiger partial charge in [0, 0.05) is 66.4 Å². The Kier molecular flexibility index (Phi) is 18.1. The Balaban J connectivity index is 0.00000212. The molecule has 6 aliphatic rings. The van der Waals surface area contributed by atoms with Crippen LogP contribution in [-0.4, -0.2) is 106 Å². The van der Waals surface area contributed by atoms with Gasteiger partial charge in [-0.1, -0.05) is 33.8 Å². The summed E-state index contributed by atoms with van der Waals surface area (Å²) in [4.78, 5) is 70.4. The number of ether oxygens (including phenoxy) is 3. The highest BCUT2D eigenvalue weighted by Gasteiger charge is 2.41. The topological polar surface area (TPSA) is 169 Å². The molecule has 3 fully saturated rings. The molecule has 0 spiro atoms. The fraction of sp³-hybridized carbons (Fsp3) is 0.471. The lowest BCUT2D eigenvalue weighted by atomic mass is 9.95. The van der Waals surface area contributed by atoms with E-state index in [0.29, 0.717) is 54.4 Å². The van der Waals surface area contributed by atoms with Crippen LogP contribution in [0.1, 0.15) is 113 Å². The van der Waals surface area contributed by atoms with Crippen LogP contribution in [0.2, 0.25) is 0 Å². The normalized spacial score (nSPS) is 20.5. The third-order valence-corrected chi connectivity index (χ3v) is 15.1. The second kappa shape index (κ2) is 23.1. The monoisotopic (exact) mass is 1080 g/mol. The van der Waals surface area contributed by atoms with E-state index in [1.807, 2.05) is 55.8 Å². The summed E-state index contributed by atoms with van der Waals surface area (Å²) in [7, 11) is 2.57. The van der Waals surface area contributed by atoms with Crippen LogP contribution in [0, 0.1) is 17.7 Å². The largest absolute Gasteiger partial charge is 0.462 e. The molecule has 0 bridgehead atoms. The lowest BCUT2D eigenvalue weighted by Gasteiger charge is -2.31. The van der Waals surface area contributed by atoms with Crippen LogP contribution in [0.4, 0.5) is 14.0 Å². The summed E-state index contributed by atoms with van der Waals surface area (Å²) in [5.74, 6) is -0.154. The minimum Gasteiger partial charge on any atom is -0.462 e. The van der Waals surface area contributed by atoms with Crippen LogP contribution < -0.4 is 15.4 Å². The van der Waals surface area contributed by atoms with Crippen LogP contribution in [0.5, 0.6) is 5.75 Å². The molecule has 2 aromatic carbocycles. The van der Waals surface area contributed by atoms with E-state index in [1.165, 1.54) is 14.2 Å². The molecule has 1 saturated carbocycles. The molecule has 4 amide bonds. The highest BCUT2D eigenvalue weighted by atomic mass is 32.1. The standard InChI is InChI=1S/C51H57FN8O7S.4H2S/c1-26(2)44(56-50(63)65-5)47(61)58-15-7-9-39(58)35-19-32(23-53-35)29-13-14-38-31(17-29)21-41-43-34(52)18-30(22-42(43)67-49(60(38)41)46-55-37(25-68-46)28-11-12-28)33-20-36(54-24-33)40-10-8-16-59(40)48(62)45(27(3)4)57-51(64)66-6;;;;/h13-14,17-18,21-28,39-40,44-45,49H,7-12,15-16,19-20H2,1-6H3,(H,56,63)(H,57,64);4*1H2/t39-,40-,44-,45-,49?;;;;/m0..../s1. The fourth-order valence-electron chi connectivity index (χ4n) is 10.5. The van der Waals surface area contributed by atoms with Gasteiger partial charge in [0.05, 0.1) is 48.8 Å². The molecule has 1 aliphatic carbocycles. The maximum Gasteiger partial charge on any atom is 0.407 e. The van der Waals surface area contributed by atoms with Gasteiger partial charge in [-0.25, -0.2) is 19.0 Å². The maximum absolute atomic E-state index is 16.9. The molecule has 2 N–H and O–H groups in total. The number of hydrogen-bond donors (Lipinski definition) is 2. The van der Waals surface area contributed by atoms with Gasteiger partial charge in [-0.3, -0.25) is 24.1 Å². The molecule has 388 valence electrons. The van der Waals surface area contributed by atoms with Crippen molar-refractivity contribution in [3.05, 3.63) is 81.8 Å². The number of methoxy groups -OCH3 is 2. The number of allylic oxidation sites excluding steroid dienone is 2. The number of likely N-dealkylation sites (tertiary alicyclic amines) is 2. The molecule has 72 heavy (non-hydrogen) atoms. The van der Waals surface area contributed by atoms with Gasteiger partial charge in [0.1, 0.15) is 23.7 Å². The van der Waals surface area contributed by atoms with Crippen molar-refractivity contribution in [1.29, 1.82) is 0 Å². The highest BCUT2D eigenvalue weighted by Crippen LogP contribution is 2.49. The molecule has 7 heterocycles. The zero-order valence-electron chi connectivity index (χ0n) is 41.2. The number of benzene rings is 2. The molecule has 1 unspecified atom stereocenters. The Hall–Kier alpha value is -4.96. The van der Waals surface area contributed by atoms with Crippen molar-refractivity contribution in [2.45, 2.75) is 115 Å². The number of halogens is 1. The third-order valence-electron chi connectivity index (χ3n) is 14.2. The Bertz CT molecular complexity index is 2860. The number of amides is 4. The maximum atomic E-state index is 16.9. The van der Waals surface area contributed by atoms with Gasteiger partial charge in [0.2, 0.25) is 18.0 Å². The molecule has 0 radical (unpaired) electrons. The summed E-state index contributed by atoms with van der Waals surface area (Å²) in [6, 6.07) is 9.85. The second-order valence-corrected chi connectivity index (χ2v) is 20.2. The quantitative estimate of drug-likeness (QED) is 0.142. The van der Waals surface area contributed by atoms with Gasteiger partial charge in [0.25, 0.3) is 0 Å². The smallest absolute Gasteiger partial charge is 0.407 e. The first kappa shape index (κ1) is 56.3. The molecule has 4 aromatic rings. The van der Waals surface area contributed by atoms with E-state index in [9.17, 15) is 19.2 Å². The predicted molar refractivity (Wildman–Crippen MR) is 300 cm³/mol. The number of alkyl carbamates (subject to hydrolysis) is 2. The number of aromatic nitrogens is 2. The number of hydrogen-bond acceptors (Lipinski definition) is 11. The summed E-state index contributed by atoms with van der Waals surface area (Å²) >= 11 is 1.56. The first-order valence-electron chi connectivity index (χ1n) is 23.7. The van der Waals surface area contributed by atoms with Crippen molar-refractivity contribution in [2.75, 3.05) is 27.3 Å². The van der Waals surface area contributed by atoms with Crippen molar-refractivity contribution >= 4 is 123 Å². The molecule has 15 nitrogen and oxygen atoms in total. The lowest BCUT2D eigenvalue weighted by Crippen LogP contribution is -2.53. The van der Waals surface area contributed by atoms with E-state index in [0.717, 1.165) is 88.3 Å². The Labute approximate surface area is 451 Å². The molecule has 21 heteroatoms. The van der Waals surface area contributed by atoms with Crippen LogP contribution in [0.15, 0.2) is 64.2 Å². The van der Waals surface area contributed by atoms with Gasteiger partial charge in [0.15, 0.2) is 5.01 Å². The number of nitrogens with one attached hydrogen (secondary N) is 2.